The van der Waals surface area contributed by atoms with Crippen LogP contribution in [-0.4, -0.2) is 65.7 Å². The number of aliphatic hydroxyl groups is 3. The Bertz CT molecular complexity index is 1030. The van der Waals surface area contributed by atoms with Crippen LogP contribution in [0.2, 0.25) is 0 Å². The lowest BCUT2D eigenvalue weighted by atomic mass is 9.45. The van der Waals surface area contributed by atoms with E-state index in [9.17, 15) is 24.9 Å². The predicted octanol–water partition coefficient (Wildman–Crippen LogP) is 2.74. The van der Waals surface area contributed by atoms with Gasteiger partial charge in [-0.3, -0.25) is 4.79 Å². The van der Waals surface area contributed by atoms with E-state index in [1.807, 2.05) is 19.9 Å². The number of hydrogen-bond acceptors (Lipinski definition) is 7. The van der Waals surface area contributed by atoms with Crippen LogP contribution < -0.4 is 0 Å². The Kier molecular flexibility index (Phi) is 6.60. The van der Waals surface area contributed by atoms with Crippen molar-refractivity contribution in [3.63, 3.8) is 0 Å². The van der Waals surface area contributed by atoms with Crippen LogP contribution in [0.15, 0.2) is 34.9 Å². The SMILES string of the molecule is COCC1=C(C)C[C@H]([C@@H](CO)C2CCC3C4C[C@@H](O)C5=CC=CC(=O)[C@]5(C)C4C[C@H](O)[C@@]32C)OC1=O. The molecule has 0 spiro atoms. The molecule has 4 unspecified atom stereocenters. The van der Waals surface area contributed by atoms with E-state index in [4.69, 9.17) is 9.47 Å². The second-order valence-corrected chi connectivity index (χ2v) is 12.2. The van der Waals surface area contributed by atoms with Crippen LogP contribution in [0.4, 0.5) is 0 Å². The molecule has 1 heterocycles. The molecule has 5 aliphatic rings. The van der Waals surface area contributed by atoms with Crippen molar-refractivity contribution in [2.24, 2.45) is 40.4 Å². The second kappa shape index (κ2) is 9.19. The van der Waals surface area contributed by atoms with Crippen molar-refractivity contribution >= 4 is 11.8 Å². The third kappa shape index (κ3) is 3.53. The first-order chi connectivity index (χ1) is 17.1. The average Bonchev–Trinajstić information content (AvgIpc) is 3.18. The molecule has 0 aromatic rings. The zero-order valence-electron chi connectivity index (χ0n) is 21.8. The molecule has 3 N–H and O–H groups in total. The Morgan fingerprint density at radius 2 is 1.92 bits per heavy atom. The summed E-state index contributed by atoms with van der Waals surface area (Å²) < 4.78 is 11.0. The summed E-state index contributed by atoms with van der Waals surface area (Å²) in [5.41, 5.74) is 0.939. The third-order valence-corrected chi connectivity index (χ3v) is 10.9. The number of methoxy groups -OCH3 is 1. The van der Waals surface area contributed by atoms with E-state index in [1.54, 1.807) is 19.3 Å². The molecule has 7 nitrogen and oxygen atoms in total. The molecule has 4 aliphatic carbocycles. The van der Waals surface area contributed by atoms with Crippen molar-refractivity contribution < 1.29 is 34.4 Å². The van der Waals surface area contributed by atoms with E-state index in [0.29, 0.717) is 24.8 Å². The summed E-state index contributed by atoms with van der Waals surface area (Å²) >= 11 is 0. The highest BCUT2D eigenvalue weighted by Gasteiger charge is 2.66. The maximum absolute atomic E-state index is 13.2. The first kappa shape index (κ1) is 25.8. The van der Waals surface area contributed by atoms with E-state index in [0.717, 1.165) is 24.0 Å². The van der Waals surface area contributed by atoms with Gasteiger partial charge < -0.3 is 24.8 Å². The Hall–Kier alpha value is -1.80. The minimum Gasteiger partial charge on any atom is -0.458 e. The van der Waals surface area contributed by atoms with Crippen LogP contribution in [0.1, 0.15) is 52.9 Å². The van der Waals surface area contributed by atoms with Crippen molar-refractivity contribution in [2.45, 2.75) is 71.2 Å². The number of fused-ring (bicyclic) bond motifs is 5. The van der Waals surface area contributed by atoms with Gasteiger partial charge in [-0.05, 0) is 80.3 Å². The molecule has 5 rings (SSSR count). The number of hydrogen-bond donors (Lipinski definition) is 3. The number of carbonyl (C=O) groups is 2. The van der Waals surface area contributed by atoms with Gasteiger partial charge in [0.2, 0.25) is 0 Å². The van der Waals surface area contributed by atoms with Crippen LogP contribution in [0.3, 0.4) is 0 Å². The van der Waals surface area contributed by atoms with Crippen LogP contribution >= 0.6 is 0 Å². The van der Waals surface area contributed by atoms with Gasteiger partial charge in [-0.1, -0.05) is 24.6 Å². The average molecular weight is 501 g/mol. The fraction of sp³-hybridized carbons (Fsp3) is 0.724. The zero-order chi connectivity index (χ0) is 26.0. The largest absolute Gasteiger partial charge is 0.458 e. The van der Waals surface area contributed by atoms with E-state index >= 15 is 0 Å². The fourth-order valence-electron chi connectivity index (χ4n) is 8.93. The van der Waals surface area contributed by atoms with Crippen LogP contribution in [-0.2, 0) is 19.1 Å². The molecule has 0 aromatic heterocycles. The summed E-state index contributed by atoms with van der Waals surface area (Å²) in [7, 11) is 1.55. The molecule has 3 fully saturated rings. The van der Waals surface area contributed by atoms with Gasteiger partial charge in [0.05, 0.1) is 29.8 Å². The van der Waals surface area contributed by atoms with Gasteiger partial charge in [-0.2, -0.15) is 0 Å². The summed E-state index contributed by atoms with van der Waals surface area (Å²) in [4.78, 5) is 25.9. The zero-order valence-corrected chi connectivity index (χ0v) is 21.8. The first-order valence-corrected chi connectivity index (χ1v) is 13.4. The van der Waals surface area contributed by atoms with Crippen molar-refractivity contribution in [1.29, 1.82) is 0 Å². The molecule has 1 aliphatic heterocycles. The summed E-state index contributed by atoms with van der Waals surface area (Å²) in [5.74, 6) is -0.556. The number of ketones is 1. The number of esters is 1. The van der Waals surface area contributed by atoms with Crippen molar-refractivity contribution in [3.05, 3.63) is 34.9 Å². The maximum Gasteiger partial charge on any atom is 0.336 e. The number of aliphatic hydroxyl groups excluding tert-OH is 3. The minimum absolute atomic E-state index is 0.00979. The smallest absolute Gasteiger partial charge is 0.336 e. The summed E-state index contributed by atoms with van der Waals surface area (Å²) in [5, 5.41) is 33.4. The molecular weight excluding hydrogens is 460 g/mol. The summed E-state index contributed by atoms with van der Waals surface area (Å²) in [6, 6.07) is 0. The van der Waals surface area contributed by atoms with Gasteiger partial charge in [0.1, 0.15) is 6.10 Å². The molecule has 10 atom stereocenters. The molecule has 36 heavy (non-hydrogen) atoms. The van der Waals surface area contributed by atoms with E-state index in [2.05, 4.69) is 6.92 Å². The topological polar surface area (TPSA) is 113 Å². The highest BCUT2D eigenvalue weighted by Crippen LogP contribution is 2.67. The minimum atomic E-state index is -0.799. The van der Waals surface area contributed by atoms with Gasteiger partial charge in [-0.25, -0.2) is 4.79 Å². The van der Waals surface area contributed by atoms with Crippen molar-refractivity contribution in [2.75, 3.05) is 20.3 Å². The second-order valence-electron chi connectivity index (χ2n) is 12.2. The lowest BCUT2D eigenvalue weighted by Gasteiger charge is -2.60. The number of cyclic esters (lactones) is 1. The lowest BCUT2D eigenvalue weighted by molar-refractivity contribution is -0.170. The maximum atomic E-state index is 13.2. The molecule has 3 saturated carbocycles. The number of carbonyl (C=O) groups excluding carboxylic acids is 2. The van der Waals surface area contributed by atoms with Crippen molar-refractivity contribution in [3.8, 4) is 0 Å². The molecule has 0 amide bonds. The highest BCUT2D eigenvalue weighted by molar-refractivity contribution is 5.99. The molecular formula is C29H40O7. The monoisotopic (exact) mass is 500 g/mol. The first-order valence-electron chi connectivity index (χ1n) is 13.4. The standard InChI is InChI=1S/C29H40O7/c1-15-10-24(36-27(34)18(15)14-35-4)17(13-30)20-9-8-19-16-11-23(31)21-6-5-7-25(32)29(21,3)22(16)12-26(33)28(19,20)2/h5-7,16-17,19-20,22-24,26,30-31,33H,8-14H2,1-4H3/t16?,17-,19?,20?,22?,23+,24+,26-,28-,29-/m0/s1. The number of ether oxygens (including phenoxy) is 2. The highest BCUT2D eigenvalue weighted by atomic mass is 16.5. The molecule has 0 radical (unpaired) electrons. The Labute approximate surface area is 213 Å². The Balaban J connectivity index is 1.45. The normalized spacial score (nSPS) is 45.0. The van der Waals surface area contributed by atoms with Gasteiger partial charge in [0.25, 0.3) is 0 Å². The summed E-state index contributed by atoms with van der Waals surface area (Å²) in [6.45, 7) is 6.05. The van der Waals surface area contributed by atoms with E-state index in [-0.39, 0.29) is 54.6 Å². The lowest BCUT2D eigenvalue weighted by Crippen LogP contribution is -2.60. The van der Waals surface area contributed by atoms with Crippen LogP contribution in [0, 0.1) is 40.4 Å². The molecule has 198 valence electrons. The van der Waals surface area contributed by atoms with Crippen LogP contribution in [0.25, 0.3) is 0 Å². The van der Waals surface area contributed by atoms with E-state index in [1.165, 1.54) is 0 Å². The number of rotatable bonds is 5. The van der Waals surface area contributed by atoms with Gasteiger partial charge >= 0.3 is 5.97 Å². The number of allylic oxidation sites excluding steroid dienone is 3. The van der Waals surface area contributed by atoms with Gasteiger partial charge in [0, 0.05) is 26.1 Å². The van der Waals surface area contributed by atoms with E-state index < -0.39 is 29.1 Å². The molecule has 0 saturated heterocycles. The summed E-state index contributed by atoms with van der Waals surface area (Å²) in [6.07, 6.45) is 6.68. The fourth-order valence-corrected chi connectivity index (χ4v) is 8.93. The Morgan fingerprint density at radius 1 is 1.17 bits per heavy atom. The van der Waals surface area contributed by atoms with Crippen molar-refractivity contribution in [1.82, 2.24) is 0 Å². The van der Waals surface area contributed by atoms with Gasteiger partial charge in [-0.15, -0.1) is 0 Å². The third-order valence-electron chi connectivity index (χ3n) is 10.9. The quantitative estimate of drug-likeness (QED) is 0.498. The predicted molar refractivity (Wildman–Crippen MR) is 133 cm³/mol. The molecule has 0 bridgehead atoms. The van der Waals surface area contributed by atoms with Crippen LogP contribution in [0.5, 0.6) is 0 Å². The van der Waals surface area contributed by atoms with Gasteiger partial charge in [0.15, 0.2) is 5.78 Å². The molecule has 7 heteroatoms. The Morgan fingerprint density at radius 3 is 2.58 bits per heavy atom. The molecule has 0 aromatic carbocycles.